The van der Waals surface area contributed by atoms with Gasteiger partial charge < -0.3 is 15.4 Å². The molecule has 0 aliphatic rings. The van der Waals surface area contributed by atoms with Gasteiger partial charge in [0.15, 0.2) is 0 Å². The summed E-state index contributed by atoms with van der Waals surface area (Å²) in [5.74, 6) is 1.07. The Balaban J connectivity index is 2.13. The number of hydrogen-bond acceptors (Lipinski definition) is 3. The number of aryl methyl sites for hydroxylation is 2. The largest absolute Gasteiger partial charge is 0.430 e. The second-order valence-corrected chi connectivity index (χ2v) is 7.25. The Kier molecular flexibility index (Phi) is 7.51. The first kappa shape index (κ1) is 21.1. The minimum atomic E-state index is 0.116. The van der Waals surface area contributed by atoms with Gasteiger partial charge in [0.1, 0.15) is 11.6 Å². The monoisotopic (exact) mass is 383 g/mol. The molecule has 0 radical (unpaired) electrons. The van der Waals surface area contributed by atoms with Gasteiger partial charge in [-0.25, -0.2) is 0 Å². The fourth-order valence-electron chi connectivity index (χ4n) is 2.85. The minimum Gasteiger partial charge on any atom is -0.430 e. The van der Waals surface area contributed by atoms with E-state index >= 15 is 0 Å². The number of ether oxygens (including phenoxy) is 1. The molecule has 1 atom stereocenters. The van der Waals surface area contributed by atoms with Crippen molar-refractivity contribution in [3.63, 3.8) is 0 Å². The Morgan fingerprint density at radius 3 is 2.48 bits per heavy atom. The van der Waals surface area contributed by atoms with E-state index in [0.717, 1.165) is 29.8 Å². The second kappa shape index (κ2) is 9.62. The number of nitrogens with zero attached hydrogens (tertiary/aromatic N) is 2. The average molecular weight is 384 g/mol. The van der Waals surface area contributed by atoms with Crippen LogP contribution in [0.15, 0.2) is 47.5 Å². The third-order valence-electron chi connectivity index (χ3n) is 4.88. The van der Waals surface area contributed by atoms with Crippen LogP contribution in [0, 0.1) is 13.8 Å². The number of hydrogen-bond donors (Lipinski definition) is 1. The Labute approximate surface area is 168 Å². The first-order chi connectivity index (χ1) is 12.8. The summed E-state index contributed by atoms with van der Waals surface area (Å²) < 4.78 is 5.80. The van der Waals surface area contributed by atoms with Crippen LogP contribution in [0.25, 0.3) is 0 Å². The van der Waals surface area contributed by atoms with Crippen LogP contribution in [0.3, 0.4) is 0 Å². The van der Waals surface area contributed by atoms with E-state index in [1.165, 1.54) is 11.1 Å². The van der Waals surface area contributed by atoms with Gasteiger partial charge in [-0.2, -0.15) is 4.99 Å². The quantitative estimate of drug-likeness (QED) is 0.460. The molecule has 5 heteroatoms. The molecule has 0 aliphatic heterocycles. The number of amidine groups is 1. The first-order valence-corrected chi connectivity index (χ1v) is 9.64. The summed E-state index contributed by atoms with van der Waals surface area (Å²) in [6.07, 6.45) is 1.00. The zero-order chi connectivity index (χ0) is 20.0. The molecule has 0 amide bonds. The normalized spacial score (nSPS) is 12.9. The number of rotatable bonds is 6. The van der Waals surface area contributed by atoms with Gasteiger partial charge in [0.2, 0.25) is 0 Å². The van der Waals surface area contributed by atoms with Crippen LogP contribution in [0.5, 0.6) is 5.75 Å². The third kappa shape index (κ3) is 5.88. The number of thiocarbonyl (C=S) groups is 1. The summed E-state index contributed by atoms with van der Waals surface area (Å²) >= 11 is 5.27. The maximum Gasteiger partial charge on any atom is 0.290 e. The van der Waals surface area contributed by atoms with Gasteiger partial charge >= 0.3 is 0 Å². The molecule has 0 spiro atoms. The molecule has 0 heterocycles. The van der Waals surface area contributed by atoms with Gasteiger partial charge in [0, 0.05) is 11.6 Å². The molecule has 0 bridgehead atoms. The molecule has 0 saturated heterocycles. The first-order valence-electron chi connectivity index (χ1n) is 9.23. The molecule has 2 rings (SSSR count). The fourth-order valence-corrected chi connectivity index (χ4v) is 3.04. The molecular formula is C22H29N3OS. The Morgan fingerprint density at radius 1 is 1.19 bits per heavy atom. The van der Waals surface area contributed by atoms with E-state index in [0.29, 0.717) is 11.9 Å². The SMILES string of the molecule is CCN(C)C(C)Cc1cc(C)c(OC(=S)N=C(N)c2ccccc2)cc1C. The van der Waals surface area contributed by atoms with E-state index in [4.69, 9.17) is 22.7 Å². The lowest BCUT2D eigenvalue weighted by atomic mass is 9.98. The number of nitrogens with two attached hydrogens (primary N) is 1. The van der Waals surface area contributed by atoms with Crippen molar-refractivity contribution in [1.29, 1.82) is 0 Å². The van der Waals surface area contributed by atoms with Crippen molar-refractivity contribution in [2.75, 3.05) is 13.6 Å². The summed E-state index contributed by atoms with van der Waals surface area (Å²) in [7, 11) is 2.15. The molecule has 144 valence electrons. The molecule has 2 aromatic carbocycles. The highest BCUT2D eigenvalue weighted by molar-refractivity contribution is 7.80. The highest BCUT2D eigenvalue weighted by atomic mass is 32.1. The summed E-state index contributed by atoms with van der Waals surface area (Å²) in [5.41, 5.74) is 10.4. The molecule has 1 unspecified atom stereocenters. The third-order valence-corrected chi connectivity index (χ3v) is 5.05. The van der Waals surface area contributed by atoms with E-state index in [1.807, 2.05) is 43.3 Å². The minimum absolute atomic E-state index is 0.116. The Hall–Kier alpha value is -2.24. The van der Waals surface area contributed by atoms with Crippen molar-refractivity contribution in [3.8, 4) is 5.75 Å². The molecule has 0 fully saturated rings. The van der Waals surface area contributed by atoms with Crippen molar-refractivity contribution in [2.45, 2.75) is 40.2 Å². The maximum atomic E-state index is 6.02. The molecule has 2 aromatic rings. The maximum absolute atomic E-state index is 6.02. The van der Waals surface area contributed by atoms with Gasteiger partial charge in [0.25, 0.3) is 5.17 Å². The average Bonchev–Trinajstić information content (AvgIpc) is 2.65. The second-order valence-electron chi connectivity index (χ2n) is 6.90. The molecule has 2 N–H and O–H groups in total. The van der Waals surface area contributed by atoms with E-state index in [2.05, 4.69) is 43.8 Å². The summed E-state index contributed by atoms with van der Waals surface area (Å²) in [6, 6.07) is 14.2. The van der Waals surface area contributed by atoms with Crippen LogP contribution in [0.4, 0.5) is 0 Å². The van der Waals surface area contributed by atoms with Crippen molar-refractivity contribution < 1.29 is 4.74 Å². The van der Waals surface area contributed by atoms with E-state index < -0.39 is 0 Å². The molecule has 0 saturated carbocycles. The molecule has 27 heavy (non-hydrogen) atoms. The van der Waals surface area contributed by atoms with Crippen LogP contribution in [-0.4, -0.2) is 35.5 Å². The number of likely N-dealkylation sites (N-methyl/N-ethyl adjacent to an activating group) is 1. The van der Waals surface area contributed by atoms with E-state index in [-0.39, 0.29) is 5.17 Å². The Bertz CT molecular complexity index is 818. The summed E-state index contributed by atoms with van der Waals surface area (Å²) in [5, 5.41) is 0.116. The molecule has 0 aliphatic carbocycles. The van der Waals surface area contributed by atoms with E-state index in [1.54, 1.807) is 0 Å². The van der Waals surface area contributed by atoms with Crippen molar-refractivity contribution in [3.05, 3.63) is 64.7 Å². The topological polar surface area (TPSA) is 50.8 Å². The lowest BCUT2D eigenvalue weighted by molar-refractivity contribution is 0.269. The molecule has 4 nitrogen and oxygen atoms in total. The number of benzene rings is 2. The van der Waals surface area contributed by atoms with Crippen LogP contribution < -0.4 is 10.5 Å². The van der Waals surface area contributed by atoms with Crippen molar-refractivity contribution in [1.82, 2.24) is 4.90 Å². The van der Waals surface area contributed by atoms with Gasteiger partial charge in [-0.1, -0.05) is 43.3 Å². The summed E-state index contributed by atoms with van der Waals surface area (Å²) in [4.78, 5) is 6.56. The standard InChI is InChI=1S/C22H29N3OS/c1-6-25(5)17(4)14-19-12-16(3)20(13-15(19)2)26-22(27)24-21(23)18-10-8-7-9-11-18/h7-13,17H,6,14H2,1-5H3,(H2,23,24,27). The number of aliphatic imine (C=N–C) groups is 1. The highest BCUT2D eigenvalue weighted by Crippen LogP contribution is 2.25. The molecule has 0 aromatic heterocycles. The van der Waals surface area contributed by atoms with Gasteiger partial charge in [-0.3, -0.25) is 0 Å². The van der Waals surface area contributed by atoms with Crippen LogP contribution >= 0.6 is 12.2 Å². The predicted octanol–water partition coefficient (Wildman–Crippen LogP) is 4.26. The van der Waals surface area contributed by atoms with Crippen molar-refractivity contribution >= 4 is 23.2 Å². The summed E-state index contributed by atoms with van der Waals surface area (Å²) in [6.45, 7) is 9.59. The lowest BCUT2D eigenvalue weighted by Crippen LogP contribution is -2.30. The predicted molar refractivity (Wildman–Crippen MR) is 118 cm³/mol. The zero-order valence-corrected chi connectivity index (χ0v) is 17.6. The fraction of sp³-hybridized carbons (Fsp3) is 0.364. The van der Waals surface area contributed by atoms with Gasteiger partial charge in [-0.05, 0) is 75.8 Å². The van der Waals surface area contributed by atoms with E-state index in [9.17, 15) is 0 Å². The smallest absolute Gasteiger partial charge is 0.290 e. The van der Waals surface area contributed by atoms with Crippen molar-refractivity contribution in [2.24, 2.45) is 10.7 Å². The van der Waals surface area contributed by atoms with Crippen LogP contribution in [-0.2, 0) is 6.42 Å². The van der Waals surface area contributed by atoms with Gasteiger partial charge in [0.05, 0.1) is 0 Å². The van der Waals surface area contributed by atoms with Crippen LogP contribution in [0.1, 0.15) is 36.1 Å². The molecular weight excluding hydrogens is 354 g/mol. The Morgan fingerprint density at radius 2 is 1.85 bits per heavy atom. The lowest BCUT2D eigenvalue weighted by Gasteiger charge is -2.24. The zero-order valence-electron chi connectivity index (χ0n) is 16.8. The highest BCUT2D eigenvalue weighted by Gasteiger charge is 2.13. The van der Waals surface area contributed by atoms with Crippen LogP contribution in [0.2, 0.25) is 0 Å². The van der Waals surface area contributed by atoms with Gasteiger partial charge in [-0.15, -0.1) is 0 Å².